The summed E-state index contributed by atoms with van der Waals surface area (Å²) in [7, 11) is 4.36. The highest BCUT2D eigenvalue weighted by Gasteiger charge is 2.21. The molecule has 1 aromatic rings. The molecule has 1 aromatic heterocycles. The first kappa shape index (κ1) is 12.7. The number of pyridine rings is 1. The van der Waals surface area contributed by atoms with Gasteiger partial charge in [-0.15, -0.1) is 11.6 Å². The first-order valence-electron chi connectivity index (χ1n) is 6.13. The number of alkyl halides is 1. The lowest BCUT2D eigenvalue weighted by atomic mass is 10.0. The summed E-state index contributed by atoms with van der Waals surface area (Å²) in [6, 6.07) is 4.74. The molecule has 0 radical (unpaired) electrons. The van der Waals surface area contributed by atoms with Gasteiger partial charge in [0.2, 0.25) is 0 Å². The van der Waals surface area contributed by atoms with Crippen LogP contribution in [-0.2, 0) is 5.88 Å². The van der Waals surface area contributed by atoms with Crippen LogP contribution in [0.4, 0.5) is 5.69 Å². The Bertz CT molecular complexity index is 369. The molecule has 0 spiro atoms. The van der Waals surface area contributed by atoms with Gasteiger partial charge >= 0.3 is 0 Å². The van der Waals surface area contributed by atoms with Crippen molar-refractivity contribution in [2.45, 2.75) is 24.8 Å². The minimum atomic E-state index is 0.478. The Kier molecular flexibility index (Phi) is 4.24. The molecule has 0 amide bonds. The predicted octanol–water partition coefficient (Wildman–Crippen LogP) is 2.35. The molecule has 1 aliphatic rings. The van der Waals surface area contributed by atoms with Gasteiger partial charge in [-0.2, -0.15) is 0 Å². The number of rotatable bonds is 3. The minimum Gasteiger partial charge on any atom is -0.370 e. The second-order valence-electron chi connectivity index (χ2n) is 4.81. The van der Waals surface area contributed by atoms with E-state index in [0.717, 1.165) is 12.2 Å². The van der Waals surface area contributed by atoms with Crippen molar-refractivity contribution in [1.82, 2.24) is 9.88 Å². The molecular weight excluding hydrogens is 234 g/mol. The standard InChI is InChI=1S/C13H20ClN3/c1-16-7-3-4-13(10-16)17(2)12-5-6-15-11(8-12)9-14/h5-6,8,13H,3-4,7,9-10H2,1-2H3. The second-order valence-corrected chi connectivity index (χ2v) is 5.08. The highest BCUT2D eigenvalue weighted by Crippen LogP contribution is 2.21. The number of hydrogen-bond acceptors (Lipinski definition) is 3. The van der Waals surface area contributed by atoms with Crippen LogP contribution in [0.1, 0.15) is 18.5 Å². The molecule has 17 heavy (non-hydrogen) atoms. The topological polar surface area (TPSA) is 19.4 Å². The van der Waals surface area contributed by atoms with Gasteiger partial charge < -0.3 is 9.80 Å². The van der Waals surface area contributed by atoms with E-state index in [0.29, 0.717) is 11.9 Å². The van der Waals surface area contributed by atoms with Crippen LogP contribution in [0, 0.1) is 0 Å². The highest BCUT2D eigenvalue weighted by molar-refractivity contribution is 6.16. The van der Waals surface area contributed by atoms with Gasteiger partial charge in [0.05, 0.1) is 11.6 Å². The number of aromatic nitrogens is 1. The third-order valence-corrected chi connectivity index (χ3v) is 3.77. The fraction of sp³-hybridized carbons (Fsp3) is 0.615. The van der Waals surface area contributed by atoms with Crippen LogP contribution in [-0.4, -0.2) is 43.1 Å². The summed E-state index contributed by atoms with van der Waals surface area (Å²) in [5.41, 5.74) is 2.16. The molecule has 0 aromatic carbocycles. The van der Waals surface area contributed by atoms with E-state index in [-0.39, 0.29) is 0 Å². The Morgan fingerprint density at radius 3 is 3.12 bits per heavy atom. The Morgan fingerprint density at radius 1 is 1.59 bits per heavy atom. The summed E-state index contributed by atoms with van der Waals surface area (Å²) < 4.78 is 0. The second kappa shape index (κ2) is 5.69. The third-order valence-electron chi connectivity index (χ3n) is 3.49. The normalized spacial score (nSPS) is 21.5. The van der Waals surface area contributed by atoms with Crippen molar-refractivity contribution in [1.29, 1.82) is 0 Å². The number of nitrogens with zero attached hydrogens (tertiary/aromatic N) is 3. The van der Waals surface area contributed by atoms with Crippen LogP contribution in [0.3, 0.4) is 0 Å². The molecule has 4 heteroatoms. The van der Waals surface area contributed by atoms with E-state index in [1.165, 1.54) is 25.1 Å². The van der Waals surface area contributed by atoms with E-state index >= 15 is 0 Å². The largest absolute Gasteiger partial charge is 0.370 e. The molecule has 1 atom stereocenters. The third kappa shape index (κ3) is 3.11. The van der Waals surface area contributed by atoms with Gasteiger partial charge in [-0.3, -0.25) is 4.98 Å². The first-order chi connectivity index (χ1) is 8.20. The molecule has 2 rings (SSSR count). The van der Waals surface area contributed by atoms with E-state index in [4.69, 9.17) is 11.6 Å². The molecule has 0 saturated carbocycles. The van der Waals surface area contributed by atoms with Crippen molar-refractivity contribution >= 4 is 17.3 Å². The average Bonchev–Trinajstić information content (AvgIpc) is 2.38. The molecule has 94 valence electrons. The Morgan fingerprint density at radius 2 is 2.41 bits per heavy atom. The average molecular weight is 254 g/mol. The maximum atomic E-state index is 5.82. The van der Waals surface area contributed by atoms with Crippen molar-refractivity contribution in [2.75, 3.05) is 32.1 Å². The van der Waals surface area contributed by atoms with Crippen molar-refractivity contribution in [2.24, 2.45) is 0 Å². The lowest BCUT2D eigenvalue weighted by molar-refractivity contribution is 0.248. The van der Waals surface area contributed by atoms with Crippen LogP contribution >= 0.6 is 11.6 Å². The van der Waals surface area contributed by atoms with Gasteiger partial charge in [0, 0.05) is 31.5 Å². The van der Waals surface area contributed by atoms with E-state index in [9.17, 15) is 0 Å². The van der Waals surface area contributed by atoms with Gasteiger partial charge in [0.1, 0.15) is 0 Å². The molecule has 0 bridgehead atoms. The summed E-state index contributed by atoms with van der Waals surface area (Å²) >= 11 is 5.82. The zero-order valence-corrected chi connectivity index (χ0v) is 11.3. The molecule has 0 N–H and O–H groups in total. The monoisotopic (exact) mass is 253 g/mol. The number of likely N-dealkylation sites (tertiary alicyclic amines) is 1. The van der Waals surface area contributed by atoms with E-state index in [1.807, 2.05) is 6.20 Å². The summed E-state index contributed by atoms with van der Waals surface area (Å²) in [5, 5.41) is 0. The number of likely N-dealkylation sites (N-methyl/N-ethyl adjacent to an activating group) is 2. The van der Waals surface area contributed by atoms with Gasteiger partial charge in [-0.1, -0.05) is 0 Å². The molecule has 1 fully saturated rings. The maximum Gasteiger partial charge on any atom is 0.0648 e. The fourth-order valence-electron chi connectivity index (χ4n) is 2.42. The summed E-state index contributed by atoms with van der Waals surface area (Å²) in [6.07, 6.45) is 4.38. The fourth-order valence-corrected chi connectivity index (χ4v) is 2.57. The zero-order valence-electron chi connectivity index (χ0n) is 10.6. The molecule has 1 saturated heterocycles. The Hall–Kier alpha value is -0.800. The SMILES string of the molecule is CN1CCCC(N(C)c2ccnc(CCl)c2)C1. The van der Waals surface area contributed by atoms with E-state index in [1.54, 1.807) is 0 Å². The zero-order chi connectivity index (χ0) is 12.3. The quantitative estimate of drug-likeness (QED) is 0.771. The van der Waals surface area contributed by atoms with Gasteiger partial charge in [0.15, 0.2) is 0 Å². The van der Waals surface area contributed by atoms with Crippen LogP contribution < -0.4 is 4.90 Å². The summed E-state index contributed by atoms with van der Waals surface area (Å²) in [4.78, 5) is 8.98. The first-order valence-corrected chi connectivity index (χ1v) is 6.66. The lowest BCUT2D eigenvalue weighted by Crippen LogP contribution is -2.45. The minimum absolute atomic E-state index is 0.478. The molecular formula is C13H20ClN3. The lowest BCUT2D eigenvalue weighted by Gasteiger charge is -2.37. The van der Waals surface area contributed by atoms with Crippen molar-refractivity contribution in [3.63, 3.8) is 0 Å². The van der Waals surface area contributed by atoms with Gasteiger partial charge in [-0.05, 0) is 38.6 Å². The predicted molar refractivity (Wildman–Crippen MR) is 72.7 cm³/mol. The summed E-state index contributed by atoms with van der Waals surface area (Å²) in [5.74, 6) is 0.478. The molecule has 2 heterocycles. The number of anilines is 1. The van der Waals surface area contributed by atoms with Crippen molar-refractivity contribution in [3.8, 4) is 0 Å². The Labute approximate surface area is 108 Å². The van der Waals surface area contributed by atoms with Crippen LogP contribution in [0.2, 0.25) is 0 Å². The number of piperidine rings is 1. The van der Waals surface area contributed by atoms with Crippen molar-refractivity contribution < 1.29 is 0 Å². The van der Waals surface area contributed by atoms with Gasteiger partial charge in [-0.25, -0.2) is 0 Å². The molecule has 3 nitrogen and oxygen atoms in total. The van der Waals surface area contributed by atoms with Crippen LogP contribution in [0.25, 0.3) is 0 Å². The highest BCUT2D eigenvalue weighted by atomic mass is 35.5. The van der Waals surface area contributed by atoms with Crippen LogP contribution in [0.15, 0.2) is 18.3 Å². The van der Waals surface area contributed by atoms with Crippen LogP contribution in [0.5, 0.6) is 0 Å². The summed E-state index contributed by atoms with van der Waals surface area (Å²) in [6.45, 7) is 2.35. The Balaban J connectivity index is 2.09. The number of halogens is 1. The van der Waals surface area contributed by atoms with E-state index in [2.05, 4.69) is 41.0 Å². The van der Waals surface area contributed by atoms with Crippen molar-refractivity contribution in [3.05, 3.63) is 24.0 Å². The van der Waals surface area contributed by atoms with Gasteiger partial charge in [0.25, 0.3) is 0 Å². The van der Waals surface area contributed by atoms with E-state index < -0.39 is 0 Å². The molecule has 1 unspecified atom stereocenters. The maximum absolute atomic E-state index is 5.82. The molecule has 1 aliphatic heterocycles. The molecule has 0 aliphatic carbocycles. The smallest absolute Gasteiger partial charge is 0.0648 e. The number of hydrogen-bond donors (Lipinski definition) is 0.